The first-order chi connectivity index (χ1) is 5.52. The van der Waals surface area contributed by atoms with Crippen molar-refractivity contribution in [1.29, 1.82) is 0 Å². The minimum Gasteiger partial charge on any atom is -0.299 e. The van der Waals surface area contributed by atoms with E-state index < -0.39 is 0 Å². The van der Waals surface area contributed by atoms with Gasteiger partial charge in [-0.2, -0.15) is 0 Å². The smallest absolute Gasteiger partial charge is 0.142 e. The highest BCUT2D eigenvalue weighted by atomic mass is 16.1. The van der Waals surface area contributed by atoms with Crippen molar-refractivity contribution in [1.82, 2.24) is 0 Å². The van der Waals surface area contributed by atoms with Crippen molar-refractivity contribution in [2.24, 2.45) is 5.41 Å². The average molecular weight is 166 g/mol. The average Bonchev–Trinajstić information content (AvgIpc) is 2.00. The van der Waals surface area contributed by atoms with Crippen LogP contribution in [-0.2, 0) is 4.79 Å². The molecule has 0 unspecified atom stereocenters. The lowest BCUT2D eigenvalue weighted by Gasteiger charge is -2.19. The molecule has 0 amide bonds. The summed E-state index contributed by atoms with van der Waals surface area (Å²) in [5, 5.41) is 0. The largest absolute Gasteiger partial charge is 0.299 e. The van der Waals surface area contributed by atoms with E-state index in [2.05, 4.69) is 26.8 Å². The van der Waals surface area contributed by atoms with Gasteiger partial charge in [-0.3, -0.25) is 4.79 Å². The first-order valence-electron chi connectivity index (χ1n) is 4.26. The van der Waals surface area contributed by atoms with Gasteiger partial charge in [-0.1, -0.05) is 31.6 Å². The highest BCUT2D eigenvalue weighted by Gasteiger charge is 2.13. The van der Waals surface area contributed by atoms with Crippen molar-refractivity contribution >= 4 is 6.29 Å². The molecule has 0 aromatic heterocycles. The maximum absolute atomic E-state index is 10.1. The Bertz CT molecular complexity index is 197. The third-order valence-corrected chi connectivity index (χ3v) is 1.85. The lowest BCUT2D eigenvalue weighted by atomic mass is 9.85. The summed E-state index contributed by atoms with van der Waals surface area (Å²) < 4.78 is 0. The van der Waals surface area contributed by atoms with Gasteiger partial charge in [0.25, 0.3) is 0 Å². The number of carbonyl (C=O) groups is 1. The molecule has 0 bridgehead atoms. The molecule has 0 heterocycles. The predicted octanol–water partition coefficient (Wildman–Crippen LogP) is 3.12. The molecule has 1 nitrogen and oxygen atoms in total. The van der Waals surface area contributed by atoms with Crippen LogP contribution >= 0.6 is 0 Å². The van der Waals surface area contributed by atoms with Gasteiger partial charge < -0.3 is 0 Å². The molecule has 1 heteroatoms. The molecule has 0 N–H and O–H groups in total. The maximum Gasteiger partial charge on any atom is 0.142 e. The van der Waals surface area contributed by atoms with E-state index in [0.717, 1.165) is 12.7 Å². The number of allylic oxidation sites excluding steroid dienone is 4. The zero-order chi connectivity index (χ0) is 9.61. The van der Waals surface area contributed by atoms with E-state index in [1.54, 1.807) is 6.08 Å². The van der Waals surface area contributed by atoms with Crippen LogP contribution in [-0.4, -0.2) is 6.29 Å². The molecule has 0 aromatic rings. The minimum absolute atomic E-state index is 0.0947. The Balaban J connectivity index is 4.21. The highest BCUT2D eigenvalue weighted by Crippen LogP contribution is 2.26. The maximum atomic E-state index is 10.1. The van der Waals surface area contributed by atoms with Crippen LogP contribution in [0.2, 0.25) is 0 Å². The summed E-state index contributed by atoms with van der Waals surface area (Å²) in [7, 11) is 0. The second-order valence-electron chi connectivity index (χ2n) is 3.80. The first kappa shape index (κ1) is 11.2. The molecule has 0 fully saturated rings. The van der Waals surface area contributed by atoms with E-state index in [9.17, 15) is 4.79 Å². The molecule has 0 spiro atoms. The van der Waals surface area contributed by atoms with Crippen LogP contribution in [0.4, 0.5) is 0 Å². The summed E-state index contributed by atoms with van der Waals surface area (Å²) in [6, 6.07) is 0. The molecular weight excluding hydrogens is 148 g/mol. The Kier molecular flexibility index (Phi) is 4.57. The normalized spacial score (nSPS) is 13.8. The van der Waals surface area contributed by atoms with Gasteiger partial charge >= 0.3 is 0 Å². The van der Waals surface area contributed by atoms with Gasteiger partial charge in [-0.25, -0.2) is 0 Å². The van der Waals surface area contributed by atoms with Gasteiger partial charge in [0.05, 0.1) is 0 Å². The lowest BCUT2D eigenvalue weighted by Crippen LogP contribution is -2.07. The summed E-state index contributed by atoms with van der Waals surface area (Å²) in [4.78, 5) is 10.1. The van der Waals surface area contributed by atoms with E-state index in [1.807, 2.05) is 13.0 Å². The molecule has 68 valence electrons. The SMILES string of the molecule is C/C=C(\C)CC(C)(C)/C=C/C=O. The van der Waals surface area contributed by atoms with Gasteiger partial charge in [0, 0.05) is 0 Å². The zero-order valence-electron chi connectivity index (χ0n) is 8.42. The lowest BCUT2D eigenvalue weighted by molar-refractivity contribution is -0.104. The Morgan fingerprint density at radius 2 is 2.00 bits per heavy atom. The third-order valence-electron chi connectivity index (χ3n) is 1.85. The Hall–Kier alpha value is -0.850. The second-order valence-corrected chi connectivity index (χ2v) is 3.80. The van der Waals surface area contributed by atoms with Crippen molar-refractivity contribution in [3.05, 3.63) is 23.8 Å². The van der Waals surface area contributed by atoms with Crippen LogP contribution in [0.25, 0.3) is 0 Å². The first-order valence-corrected chi connectivity index (χ1v) is 4.26. The van der Waals surface area contributed by atoms with Crippen molar-refractivity contribution < 1.29 is 4.79 Å². The number of rotatable bonds is 4. The van der Waals surface area contributed by atoms with Crippen molar-refractivity contribution in [2.75, 3.05) is 0 Å². The second kappa shape index (κ2) is 4.91. The number of carbonyl (C=O) groups excluding carboxylic acids is 1. The molecule has 0 radical (unpaired) electrons. The topological polar surface area (TPSA) is 17.1 Å². The molecule has 0 rings (SSSR count). The highest BCUT2D eigenvalue weighted by molar-refractivity contribution is 5.64. The van der Waals surface area contributed by atoms with E-state index >= 15 is 0 Å². The van der Waals surface area contributed by atoms with Crippen LogP contribution < -0.4 is 0 Å². The fourth-order valence-corrected chi connectivity index (χ4v) is 1.18. The molecule has 0 saturated heterocycles. The third kappa shape index (κ3) is 4.89. The number of hydrogen-bond acceptors (Lipinski definition) is 1. The molecule has 12 heavy (non-hydrogen) atoms. The van der Waals surface area contributed by atoms with Gasteiger partial charge in [-0.15, -0.1) is 0 Å². The standard InChI is InChI=1S/C11H18O/c1-5-10(2)9-11(3,4)7-6-8-12/h5-8H,9H2,1-4H3/b7-6+,10-5+. The minimum atomic E-state index is 0.0947. The van der Waals surface area contributed by atoms with Gasteiger partial charge in [0.2, 0.25) is 0 Å². The van der Waals surface area contributed by atoms with Gasteiger partial charge in [0.1, 0.15) is 6.29 Å². The van der Waals surface area contributed by atoms with Crippen LogP contribution in [0, 0.1) is 5.41 Å². The molecule has 0 aliphatic carbocycles. The zero-order valence-corrected chi connectivity index (χ0v) is 8.42. The monoisotopic (exact) mass is 166 g/mol. The molecule has 0 aromatic carbocycles. The summed E-state index contributed by atoms with van der Waals surface area (Å²) in [5.74, 6) is 0. The van der Waals surface area contributed by atoms with E-state index in [1.165, 1.54) is 5.57 Å². The van der Waals surface area contributed by atoms with E-state index in [4.69, 9.17) is 0 Å². The van der Waals surface area contributed by atoms with Crippen LogP contribution in [0.3, 0.4) is 0 Å². The van der Waals surface area contributed by atoms with Gasteiger partial charge in [0.15, 0.2) is 0 Å². The molecule has 0 saturated carbocycles. The van der Waals surface area contributed by atoms with Crippen molar-refractivity contribution in [3.63, 3.8) is 0 Å². The fraction of sp³-hybridized carbons (Fsp3) is 0.545. The predicted molar refractivity (Wildman–Crippen MR) is 53.0 cm³/mol. The van der Waals surface area contributed by atoms with Gasteiger partial charge in [-0.05, 0) is 31.8 Å². The van der Waals surface area contributed by atoms with Crippen LogP contribution in [0.15, 0.2) is 23.8 Å². The van der Waals surface area contributed by atoms with Crippen LogP contribution in [0.5, 0.6) is 0 Å². The molecule has 0 aliphatic rings. The molecule has 0 aliphatic heterocycles. The fourth-order valence-electron chi connectivity index (χ4n) is 1.18. The Morgan fingerprint density at radius 1 is 1.42 bits per heavy atom. The molecule has 0 atom stereocenters. The van der Waals surface area contributed by atoms with Crippen molar-refractivity contribution in [3.8, 4) is 0 Å². The van der Waals surface area contributed by atoms with E-state index in [0.29, 0.717) is 0 Å². The number of aldehydes is 1. The van der Waals surface area contributed by atoms with Crippen molar-refractivity contribution in [2.45, 2.75) is 34.1 Å². The van der Waals surface area contributed by atoms with E-state index in [-0.39, 0.29) is 5.41 Å². The number of hydrogen-bond donors (Lipinski definition) is 0. The summed E-state index contributed by atoms with van der Waals surface area (Å²) in [6.07, 6.45) is 7.47. The molecular formula is C11H18O. The quantitative estimate of drug-likeness (QED) is 0.356. The summed E-state index contributed by atoms with van der Waals surface area (Å²) in [5.41, 5.74) is 1.45. The summed E-state index contributed by atoms with van der Waals surface area (Å²) in [6.45, 7) is 8.39. The Labute approximate surface area is 75.2 Å². The Morgan fingerprint density at radius 3 is 2.42 bits per heavy atom. The summed E-state index contributed by atoms with van der Waals surface area (Å²) >= 11 is 0. The van der Waals surface area contributed by atoms with Crippen LogP contribution in [0.1, 0.15) is 34.1 Å².